The van der Waals surface area contributed by atoms with E-state index >= 15 is 0 Å². The molecule has 2 aliphatic rings. The van der Waals surface area contributed by atoms with Crippen molar-refractivity contribution in [3.63, 3.8) is 0 Å². The second-order valence-electron chi connectivity index (χ2n) is 9.36. The van der Waals surface area contributed by atoms with Crippen molar-refractivity contribution in [1.82, 2.24) is 9.78 Å². The highest BCUT2D eigenvalue weighted by atomic mass is 35.5. The third-order valence-corrected chi connectivity index (χ3v) is 7.36. The molecule has 1 aliphatic heterocycles. The first kappa shape index (κ1) is 24.9. The Morgan fingerprint density at radius 1 is 1.21 bits per heavy atom. The van der Waals surface area contributed by atoms with Gasteiger partial charge in [0.1, 0.15) is 10.8 Å². The zero-order valence-corrected chi connectivity index (χ0v) is 20.4. The predicted molar refractivity (Wildman–Crippen MR) is 134 cm³/mol. The van der Waals surface area contributed by atoms with E-state index in [4.69, 9.17) is 22.1 Å². The Morgan fingerprint density at radius 3 is 2.65 bits per heavy atom. The second kappa shape index (κ2) is 12.0. The average molecular weight is 492 g/mol. The molecule has 1 aromatic carbocycles. The average Bonchev–Trinajstić information content (AvgIpc) is 2.87. The Labute approximate surface area is 205 Å². The van der Waals surface area contributed by atoms with Gasteiger partial charge in [-0.25, -0.2) is 9.07 Å². The van der Waals surface area contributed by atoms with Crippen LogP contribution in [0.1, 0.15) is 51.0 Å². The van der Waals surface area contributed by atoms with Crippen LogP contribution in [0.2, 0.25) is 5.02 Å². The van der Waals surface area contributed by atoms with Crippen molar-refractivity contribution in [2.24, 2.45) is 11.7 Å². The number of nitrogens with zero attached hydrogens (tertiary/aromatic N) is 3. The smallest absolute Gasteiger partial charge is 0.287 e. The molecule has 0 radical (unpaired) electrons. The number of nitrogens with two attached hydrogens (primary N) is 1. The number of benzene rings is 1. The monoisotopic (exact) mass is 491 g/mol. The molecule has 186 valence electrons. The van der Waals surface area contributed by atoms with Crippen LogP contribution in [0, 0.1) is 11.7 Å². The van der Waals surface area contributed by atoms with Gasteiger partial charge in [0.2, 0.25) is 0 Å². The maximum Gasteiger partial charge on any atom is 0.287 e. The Morgan fingerprint density at radius 2 is 1.97 bits per heavy atom. The highest BCUT2D eigenvalue weighted by molar-refractivity contribution is 6.32. The summed E-state index contributed by atoms with van der Waals surface area (Å²) in [6, 6.07) is 6.99. The van der Waals surface area contributed by atoms with Crippen molar-refractivity contribution >= 4 is 23.0 Å². The molecule has 0 spiro atoms. The summed E-state index contributed by atoms with van der Waals surface area (Å²) >= 11 is 6.45. The summed E-state index contributed by atoms with van der Waals surface area (Å²) in [7, 11) is 0. The van der Waals surface area contributed by atoms with Gasteiger partial charge in [0, 0.05) is 31.4 Å². The largest absolute Gasteiger partial charge is 0.382 e. The van der Waals surface area contributed by atoms with Crippen LogP contribution in [-0.4, -0.2) is 48.7 Å². The maximum absolute atomic E-state index is 13.4. The second-order valence-corrected chi connectivity index (χ2v) is 9.74. The summed E-state index contributed by atoms with van der Waals surface area (Å²) < 4.78 is 20.5. The molecule has 1 saturated carbocycles. The molecule has 2 aromatic rings. The Bertz CT molecular complexity index is 972. The Kier molecular flexibility index (Phi) is 8.80. The standard InChI is InChI=1S/C25H35ClFN5O2/c26-24-23(29-15-18-3-1-14-34-17-18)16-30-32(25(24)33)22-10-8-21(9-11-22)31(13-2-12-28)20-6-4-19(27)5-7-20/h4-7,16,18,21-22,29H,1-3,8-15,17,28H2/t18-,21-,22+/m0/s1. The van der Waals surface area contributed by atoms with E-state index < -0.39 is 0 Å². The number of nitrogens with one attached hydrogen (secondary N) is 1. The van der Waals surface area contributed by atoms with Crippen LogP contribution in [-0.2, 0) is 4.74 Å². The number of halogens is 2. The molecule has 3 N–H and O–H groups in total. The van der Waals surface area contributed by atoms with Crippen LogP contribution < -0.4 is 21.5 Å². The van der Waals surface area contributed by atoms with Gasteiger partial charge < -0.3 is 20.7 Å². The molecule has 34 heavy (non-hydrogen) atoms. The van der Waals surface area contributed by atoms with Crippen molar-refractivity contribution < 1.29 is 9.13 Å². The molecule has 1 aliphatic carbocycles. The minimum absolute atomic E-state index is 0.0200. The van der Waals surface area contributed by atoms with Gasteiger partial charge in [-0.3, -0.25) is 4.79 Å². The van der Waals surface area contributed by atoms with Gasteiger partial charge in [-0.1, -0.05) is 11.6 Å². The van der Waals surface area contributed by atoms with Crippen molar-refractivity contribution in [3.05, 3.63) is 51.7 Å². The van der Waals surface area contributed by atoms with Crippen molar-refractivity contribution in [1.29, 1.82) is 0 Å². The molecule has 9 heteroatoms. The van der Waals surface area contributed by atoms with Crippen molar-refractivity contribution in [2.75, 3.05) is 43.1 Å². The molecule has 0 amide bonds. The number of hydrogen-bond donors (Lipinski definition) is 2. The zero-order valence-electron chi connectivity index (χ0n) is 19.6. The van der Waals surface area contributed by atoms with Crippen LogP contribution >= 0.6 is 11.6 Å². The van der Waals surface area contributed by atoms with E-state index in [0.29, 0.717) is 24.2 Å². The van der Waals surface area contributed by atoms with Gasteiger partial charge in [-0.2, -0.15) is 5.10 Å². The summed E-state index contributed by atoms with van der Waals surface area (Å²) in [5, 5.41) is 7.95. The molecule has 1 aromatic heterocycles. The molecule has 4 rings (SSSR count). The first-order chi connectivity index (χ1) is 16.6. The molecule has 2 fully saturated rings. The number of anilines is 2. The molecular weight excluding hydrogens is 457 g/mol. The first-order valence-electron chi connectivity index (χ1n) is 12.4. The molecule has 2 heterocycles. The molecule has 0 bridgehead atoms. The SMILES string of the molecule is NCCCN(c1ccc(F)cc1)[C@H]1CC[C@@H](n2ncc(NC[C@@H]3CCCOC3)c(Cl)c2=O)CC1. The molecule has 1 atom stereocenters. The fourth-order valence-corrected chi connectivity index (χ4v) is 5.28. The lowest BCUT2D eigenvalue weighted by molar-refractivity contribution is 0.0595. The van der Waals surface area contributed by atoms with Crippen LogP contribution in [0.4, 0.5) is 15.8 Å². The molecule has 7 nitrogen and oxygen atoms in total. The summed E-state index contributed by atoms with van der Waals surface area (Å²) in [6.45, 7) is 3.72. The number of aromatic nitrogens is 2. The van der Waals surface area contributed by atoms with Crippen molar-refractivity contribution in [2.45, 2.75) is 57.0 Å². The number of rotatable bonds is 9. The first-order valence-corrected chi connectivity index (χ1v) is 12.8. The van der Waals surface area contributed by atoms with E-state index in [9.17, 15) is 9.18 Å². The summed E-state index contributed by atoms with van der Waals surface area (Å²) in [4.78, 5) is 15.3. The highest BCUT2D eigenvalue weighted by Gasteiger charge is 2.28. The lowest BCUT2D eigenvalue weighted by Gasteiger charge is -2.38. The van der Waals surface area contributed by atoms with Crippen molar-refractivity contribution in [3.8, 4) is 0 Å². The lowest BCUT2D eigenvalue weighted by Crippen LogP contribution is -2.41. The molecular formula is C25H35ClFN5O2. The van der Waals surface area contributed by atoms with Crippen LogP contribution in [0.5, 0.6) is 0 Å². The summed E-state index contributed by atoms with van der Waals surface area (Å²) in [5.74, 6) is 0.185. The topological polar surface area (TPSA) is 85.4 Å². The van der Waals surface area contributed by atoms with E-state index in [1.54, 1.807) is 10.9 Å². The maximum atomic E-state index is 13.4. The number of hydrogen-bond acceptors (Lipinski definition) is 6. The number of ether oxygens (including phenoxy) is 1. The van der Waals surface area contributed by atoms with Crippen LogP contribution in [0.3, 0.4) is 0 Å². The third-order valence-electron chi connectivity index (χ3n) is 6.99. The third kappa shape index (κ3) is 6.09. The van der Waals surface area contributed by atoms with E-state index in [1.165, 1.54) is 12.1 Å². The van der Waals surface area contributed by atoms with Crippen LogP contribution in [0.15, 0.2) is 35.3 Å². The quantitative estimate of drug-likeness (QED) is 0.546. The van der Waals surface area contributed by atoms with E-state index in [2.05, 4.69) is 15.3 Å². The van der Waals surface area contributed by atoms with E-state index in [1.807, 2.05) is 12.1 Å². The lowest BCUT2D eigenvalue weighted by atomic mass is 9.89. The Balaban J connectivity index is 1.39. The van der Waals surface area contributed by atoms with Gasteiger partial charge in [-0.15, -0.1) is 0 Å². The van der Waals surface area contributed by atoms with E-state index in [0.717, 1.165) is 76.9 Å². The predicted octanol–water partition coefficient (Wildman–Crippen LogP) is 4.21. The van der Waals surface area contributed by atoms with Gasteiger partial charge in [0.25, 0.3) is 5.56 Å². The molecule has 1 saturated heterocycles. The minimum Gasteiger partial charge on any atom is -0.382 e. The molecule has 0 unspecified atom stereocenters. The minimum atomic E-state index is -0.242. The van der Waals surface area contributed by atoms with Gasteiger partial charge in [0.15, 0.2) is 0 Å². The van der Waals surface area contributed by atoms with Crippen LogP contribution in [0.25, 0.3) is 0 Å². The van der Waals surface area contributed by atoms with Gasteiger partial charge in [-0.05, 0) is 81.7 Å². The highest BCUT2D eigenvalue weighted by Crippen LogP contribution is 2.33. The summed E-state index contributed by atoms with van der Waals surface area (Å²) in [5.41, 5.74) is 7.11. The fraction of sp³-hybridized carbons (Fsp3) is 0.600. The Hall–Kier alpha value is -2.16. The van der Waals surface area contributed by atoms with Gasteiger partial charge >= 0.3 is 0 Å². The van der Waals surface area contributed by atoms with Gasteiger partial charge in [0.05, 0.1) is 24.5 Å². The normalized spacial score (nSPS) is 23.0. The summed E-state index contributed by atoms with van der Waals surface area (Å²) in [6.07, 6.45) is 8.22. The fourth-order valence-electron chi connectivity index (χ4n) is 5.08. The van der Waals surface area contributed by atoms with E-state index in [-0.39, 0.29) is 22.4 Å². The zero-order chi connectivity index (χ0) is 23.9.